The number of nitrogens with one attached hydrogen (secondary N) is 1. The van der Waals surface area contributed by atoms with Crippen LogP contribution >= 0.6 is 31.9 Å². The van der Waals surface area contributed by atoms with Gasteiger partial charge in [-0.05, 0) is 61.7 Å². The first-order valence-electron chi connectivity index (χ1n) is 7.77. The summed E-state index contributed by atoms with van der Waals surface area (Å²) in [4.78, 5) is 12.3. The Morgan fingerprint density at radius 3 is 2.22 bits per heavy atom. The number of hydrogen-bond acceptors (Lipinski definition) is 5. The molecule has 0 radical (unpaired) electrons. The van der Waals surface area contributed by atoms with Crippen molar-refractivity contribution in [3.05, 3.63) is 63.1 Å². The third kappa shape index (κ3) is 5.83. The topological polar surface area (TPSA) is 69.2 Å². The Kier molecular flexibility index (Phi) is 7.87. The molecule has 0 spiro atoms. The molecule has 0 fully saturated rings. The number of carbonyl (C=O) groups excluding carboxylic acids is 1. The second kappa shape index (κ2) is 10.1. The highest BCUT2D eigenvalue weighted by atomic mass is 79.9. The van der Waals surface area contributed by atoms with Gasteiger partial charge in [0, 0.05) is 11.6 Å². The first kappa shape index (κ1) is 21.0. The molecule has 0 saturated heterocycles. The van der Waals surface area contributed by atoms with Crippen molar-refractivity contribution in [2.45, 2.75) is 0 Å². The number of carbonyl (C=O) groups is 1. The van der Waals surface area contributed by atoms with Crippen molar-refractivity contribution in [1.29, 1.82) is 0 Å². The first-order chi connectivity index (χ1) is 13.0. The molecule has 0 unspecified atom stereocenters. The molecule has 0 aliphatic heterocycles. The maximum atomic E-state index is 12.3. The zero-order chi connectivity index (χ0) is 19.8. The predicted octanol–water partition coefficient (Wildman–Crippen LogP) is 4.56. The van der Waals surface area contributed by atoms with E-state index in [0.717, 1.165) is 14.5 Å². The Balaban J connectivity index is 2.11. The highest BCUT2D eigenvalue weighted by Crippen LogP contribution is 2.34. The summed E-state index contributed by atoms with van der Waals surface area (Å²) in [5, 5.41) is 4.00. The second-order valence-electron chi connectivity index (χ2n) is 5.21. The lowest BCUT2D eigenvalue weighted by molar-refractivity contribution is 0.0954. The van der Waals surface area contributed by atoms with E-state index in [1.807, 2.05) is 12.1 Å². The van der Waals surface area contributed by atoms with E-state index in [9.17, 15) is 4.79 Å². The number of hydrogen-bond donors (Lipinski definition) is 1. The maximum absolute atomic E-state index is 12.3. The van der Waals surface area contributed by atoms with Crippen LogP contribution in [0.1, 0.15) is 15.9 Å². The minimum Gasteiger partial charge on any atom is -0.497 e. The van der Waals surface area contributed by atoms with E-state index in [1.165, 1.54) is 20.4 Å². The number of amides is 1. The molecular formula is C19H18Br2N2O4. The third-order valence-corrected chi connectivity index (χ3v) is 4.54. The van der Waals surface area contributed by atoms with Crippen molar-refractivity contribution < 1.29 is 19.0 Å². The van der Waals surface area contributed by atoms with Crippen LogP contribution in [-0.4, -0.2) is 32.9 Å². The van der Waals surface area contributed by atoms with Crippen molar-refractivity contribution in [2.75, 3.05) is 20.8 Å². The predicted molar refractivity (Wildman–Crippen MR) is 112 cm³/mol. The summed E-state index contributed by atoms with van der Waals surface area (Å²) in [6, 6.07) is 8.55. The summed E-state index contributed by atoms with van der Waals surface area (Å²) in [5.41, 5.74) is 3.62. The van der Waals surface area contributed by atoms with Crippen LogP contribution in [0.4, 0.5) is 0 Å². The summed E-state index contributed by atoms with van der Waals surface area (Å²) in [7, 11) is 3.04. The molecule has 2 aromatic carbocycles. The van der Waals surface area contributed by atoms with Gasteiger partial charge >= 0.3 is 0 Å². The molecule has 142 valence electrons. The van der Waals surface area contributed by atoms with Crippen LogP contribution in [0.15, 0.2) is 57.0 Å². The number of ether oxygens (including phenoxy) is 3. The SMILES string of the molecule is C=CCOc1c(Br)cc(/C=N\NC(=O)c2cc(OC)cc(OC)c2)cc1Br. The zero-order valence-electron chi connectivity index (χ0n) is 14.8. The van der Waals surface area contributed by atoms with Crippen LogP contribution < -0.4 is 19.6 Å². The van der Waals surface area contributed by atoms with Gasteiger partial charge in [-0.3, -0.25) is 4.79 Å². The average Bonchev–Trinajstić information content (AvgIpc) is 2.66. The largest absolute Gasteiger partial charge is 0.497 e. The molecule has 0 aliphatic rings. The average molecular weight is 498 g/mol. The standard InChI is InChI=1S/C19H18Br2N2O4/c1-4-5-27-18-16(20)6-12(7-17(18)21)11-22-23-19(24)13-8-14(25-2)10-15(9-13)26-3/h4,6-11H,1,5H2,2-3H3,(H,23,24)/b22-11-. The fourth-order valence-electron chi connectivity index (χ4n) is 2.10. The second-order valence-corrected chi connectivity index (χ2v) is 6.92. The van der Waals surface area contributed by atoms with E-state index >= 15 is 0 Å². The van der Waals surface area contributed by atoms with Gasteiger partial charge in [0.05, 0.1) is 29.4 Å². The van der Waals surface area contributed by atoms with Crippen molar-refractivity contribution in [1.82, 2.24) is 5.43 Å². The first-order valence-corrected chi connectivity index (χ1v) is 9.36. The van der Waals surface area contributed by atoms with Gasteiger partial charge in [-0.25, -0.2) is 5.43 Å². The molecule has 0 saturated carbocycles. The summed E-state index contributed by atoms with van der Waals surface area (Å²) in [6.07, 6.45) is 3.19. The molecule has 0 aliphatic carbocycles. The minimum absolute atomic E-state index is 0.374. The quantitative estimate of drug-likeness (QED) is 0.330. The molecule has 2 aromatic rings. The molecule has 2 rings (SSSR count). The highest BCUT2D eigenvalue weighted by molar-refractivity contribution is 9.11. The Morgan fingerprint density at radius 2 is 1.70 bits per heavy atom. The number of hydrazone groups is 1. The zero-order valence-corrected chi connectivity index (χ0v) is 18.0. The molecule has 0 heterocycles. The number of methoxy groups -OCH3 is 2. The van der Waals surface area contributed by atoms with Gasteiger partial charge in [0.2, 0.25) is 0 Å². The van der Waals surface area contributed by atoms with Gasteiger partial charge in [0.1, 0.15) is 23.9 Å². The van der Waals surface area contributed by atoms with Crippen LogP contribution in [0.3, 0.4) is 0 Å². The van der Waals surface area contributed by atoms with E-state index in [0.29, 0.717) is 29.4 Å². The number of rotatable bonds is 8. The van der Waals surface area contributed by atoms with E-state index < -0.39 is 0 Å². The minimum atomic E-state index is -0.382. The molecule has 0 atom stereocenters. The van der Waals surface area contributed by atoms with Crippen LogP contribution in [0.5, 0.6) is 17.2 Å². The lowest BCUT2D eigenvalue weighted by Crippen LogP contribution is -2.17. The van der Waals surface area contributed by atoms with Crippen molar-refractivity contribution in [3.63, 3.8) is 0 Å². The molecule has 1 N–H and O–H groups in total. The Bertz CT molecular complexity index is 824. The Labute approximate surface area is 174 Å². The highest BCUT2D eigenvalue weighted by Gasteiger charge is 2.10. The van der Waals surface area contributed by atoms with Crippen molar-refractivity contribution in [3.8, 4) is 17.2 Å². The van der Waals surface area contributed by atoms with Gasteiger partial charge in [-0.2, -0.15) is 5.10 Å². The van der Waals surface area contributed by atoms with Crippen LogP contribution in [0.2, 0.25) is 0 Å². The smallest absolute Gasteiger partial charge is 0.271 e. The fraction of sp³-hybridized carbons (Fsp3) is 0.158. The lowest BCUT2D eigenvalue weighted by atomic mass is 10.2. The number of halogens is 2. The van der Waals surface area contributed by atoms with Gasteiger partial charge in [-0.1, -0.05) is 12.7 Å². The molecule has 6 nitrogen and oxygen atoms in total. The monoisotopic (exact) mass is 496 g/mol. The summed E-state index contributed by atoms with van der Waals surface area (Å²) < 4.78 is 17.4. The molecule has 8 heteroatoms. The molecular weight excluding hydrogens is 480 g/mol. The van der Waals surface area contributed by atoms with Gasteiger partial charge in [-0.15, -0.1) is 0 Å². The third-order valence-electron chi connectivity index (χ3n) is 3.36. The van der Waals surface area contributed by atoms with Crippen molar-refractivity contribution >= 4 is 44.0 Å². The molecule has 0 aromatic heterocycles. The summed E-state index contributed by atoms with van der Waals surface area (Å²) in [6.45, 7) is 4.02. The maximum Gasteiger partial charge on any atom is 0.271 e. The Hall–Kier alpha value is -2.32. The van der Waals surface area contributed by atoms with Crippen LogP contribution in [-0.2, 0) is 0 Å². The van der Waals surface area contributed by atoms with Gasteiger partial charge < -0.3 is 14.2 Å². The van der Waals surface area contributed by atoms with Crippen molar-refractivity contribution in [2.24, 2.45) is 5.10 Å². The number of nitrogens with zero attached hydrogens (tertiary/aromatic N) is 1. The normalized spacial score (nSPS) is 10.5. The lowest BCUT2D eigenvalue weighted by Gasteiger charge is -2.09. The van der Waals surface area contributed by atoms with E-state index in [1.54, 1.807) is 24.3 Å². The molecule has 0 bridgehead atoms. The summed E-state index contributed by atoms with van der Waals surface area (Å²) >= 11 is 6.90. The van der Waals surface area contributed by atoms with Gasteiger partial charge in [0.25, 0.3) is 5.91 Å². The number of benzene rings is 2. The molecule has 1 amide bonds. The summed E-state index contributed by atoms with van der Waals surface area (Å²) in [5.74, 6) is 1.32. The van der Waals surface area contributed by atoms with Crippen LogP contribution in [0.25, 0.3) is 0 Å². The fourth-order valence-corrected chi connectivity index (χ4v) is 3.55. The van der Waals surface area contributed by atoms with E-state index in [-0.39, 0.29) is 5.91 Å². The Morgan fingerprint density at radius 1 is 1.11 bits per heavy atom. The van der Waals surface area contributed by atoms with Crippen LogP contribution in [0, 0.1) is 0 Å². The van der Waals surface area contributed by atoms with E-state index in [4.69, 9.17) is 14.2 Å². The molecule has 27 heavy (non-hydrogen) atoms. The van der Waals surface area contributed by atoms with Gasteiger partial charge in [0.15, 0.2) is 0 Å². The van der Waals surface area contributed by atoms with E-state index in [2.05, 4.69) is 49.0 Å².